The number of hydrogen-bond acceptors (Lipinski definition) is 3. The Balaban J connectivity index is 3.10. The Morgan fingerprint density at radius 1 is 1.31 bits per heavy atom. The van der Waals surface area contributed by atoms with Crippen LogP contribution in [0.15, 0.2) is 46.2 Å². The molecule has 1 rings (SSSR count). The summed E-state index contributed by atoms with van der Waals surface area (Å²) < 4.78 is 24.1. The second-order valence-electron chi connectivity index (χ2n) is 3.43. The summed E-state index contributed by atoms with van der Waals surface area (Å²) in [6, 6.07) is 8.16. The van der Waals surface area contributed by atoms with Gasteiger partial charge in [0, 0.05) is 0 Å². The minimum atomic E-state index is -3.51. The van der Waals surface area contributed by atoms with Crippen LogP contribution in [0.4, 0.5) is 0 Å². The number of allylic oxidation sites excluding steroid dienone is 1. The lowest BCUT2D eigenvalue weighted by Crippen LogP contribution is -2.08. The number of rotatable bonds is 5. The fourth-order valence-electron chi connectivity index (χ4n) is 1.32. The molecule has 0 fully saturated rings. The van der Waals surface area contributed by atoms with Crippen LogP contribution in [0, 0.1) is 0 Å². The molecule has 0 unspecified atom stereocenters. The summed E-state index contributed by atoms with van der Waals surface area (Å²) in [7, 11) is -3.51. The van der Waals surface area contributed by atoms with Gasteiger partial charge in [-0.3, -0.25) is 0 Å². The molecule has 0 aromatic heterocycles. The zero-order chi connectivity index (χ0) is 12.0. The van der Waals surface area contributed by atoms with Crippen LogP contribution in [0.5, 0.6) is 0 Å². The van der Waals surface area contributed by atoms with Gasteiger partial charge in [-0.1, -0.05) is 37.6 Å². The van der Waals surface area contributed by atoms with Crippen LogP contribution < -0.4 is 0 Å². The molecule has 3 nitrogen and oxygen atoms in total. The third-order valence-corrected chi connectivity index (χ3v) is 4.09. The van der Waals surface area contributed by atoms with Gasteiger partial charge in [-0.15, -0.1) is 0 Å². The summed E-state index contributed by atoms with van der Waals surface area (Å²) in [6.45, 7) is 1.51. The van der Waals surface area contributed by atoms with E-state index in [2.05, 4.69) is 0 Å². The van der Waals surface area contributed by atoms with Gasteiger partial charge in [0.25, 0.3) is 0 Å². The van der Waals surface area contributed by atoms with Crippen LogP contribution in [0.3, 0.4) is 0 Å². The quantitative estimate of drug-likeness (QED) is 0.857. The molecule has 0 bridgehead atoms. The minimum Gasteiger partial charge on any atom is -0.391 e. The van der Waals surface area contributed by atoms with Gasteiger partial charge >= 0.3 is 0 Å². The molecular weight excluding hydrogens is 224 g/mol. The Morgan fingerprint density at radius 2 is 1.94 bits per heavy atom. The second kappa shape index (κ2) is 5.82. The number of hydrogen-bond donors (Lipinski definition) is 1. The highest BCUT2D eigenvalue weighted by molar-refractivity contribution is 7.95. The van der Waals surface area contributed by atoms with E-state index in [9.17, 15) is 8.42 Å². The monoisotopic (exact) mass is 240 g/mol. The van der Waals surface area contributed by atoms with Gasteiger partial charge < -0.3 is 5.11 Å². The van der Waals surface area contributed by atoms with Crippen molar-refractivity contribution in [2.24, 2.45) is 0 Å². The van der Waals surface area contributed by atoms with Crippen molar-refractivity contribution in [2.75, 3.05) is 6.61 Å². The molecule has 1 N–H and O–H groups in total. The summed E-state index contributed by atoms with van der Waals surface area (Å²) in [5, 5.41) is 9.10. The molecule has 0 atom stereocenters. The molecule has 0 aliphatic carbocycles. The van der Waals surface area contributed by atoms with Crippen molar-refractivity contribution in [3.63, 3.8) is 0 Å². The highest BCUT2D eigenvalue weighted by Gasteiger charge is 2.18. The van der Waals surface area contributed by atoms with Gasteiger partial charge in [0.15, 0.2) is 0 Å². The zero-order valence-electron chi connectivity index (χ0n) is 9.26. The maximum atomic E-state index is 12.0. The molecular formula is C12H16O3S. The predicted molar refractivity (Wildman–Crippen MR) is 63.7 cm³/mol. The Morgan fingerprint density at radius 3 is 2.44 bits per heavy atom. The van der Waals surface area contributed by atoms with Crippen molar-refractivity contribution in [3.8, 4) is 0 Å². The topological polar surface area (TPSA) is 54.4 Å². The minimum absolute atomic E-state index is 0.0838. The molecule has 16 heavy (non-hydrogen) atoms. The molecule has 0 radical (unpaired) electrons. The standard InChI is InChI=1S/C12H16O3S/c1-2-3-7-12(10-13)16(14,15)11-8-5-4-6-9-11/h4-9,13H,2-3,10H2,1H3/b12-7+. The highest BCUT2D eigenvalue weighted by atomic mass is 32.2. The normalized spacial score (nSPS) is 12.8. The zero-order valence-corrected chi connectivity index (χ0v) is 10.1. The summed E-state index contributed by atoms with van der Waals surface area (Å²) in [5.41, 5.74) is 0. The lowest BCUT2D eigenvalue weighted by molar-refractivity contribution is 0.337. The Kier molecular flexibility index (Phi) is 4.71. The first kappa shape index (κ1) is 12.9. The second-order valence-corrected chi connectivity index (χ2v) is 5.44. The summed E-state index contributed by atoms with van der Waals surface area (Å²) in [4.78, 5) is 0.312. The van der Waals surface area contributed by atoms with E-state index in [1.54, 1.807) is 24.3 Å². The Bertz CT molecular complexity index is 446. The van der Waals surface area contributed by atoms with E-state index in [-0.39, 0.29) is 9.80 Å². The van der Waals surface area contributed by atoms with Gasteiger partial charge in [-0.25, -0.2) is 8.42 Å². The van der Waals surface area contributed by atoms with Crippen molar-refractivity contribution in [2.45, 2.75) is 24.7 Å². The van der Waals surface area contributed by atoms with Crippen LogP contribution in [0.2, 0.25) is 0 Å². The van der Waals surface area contributed by atoms with Gasteiger partial charge in [-0.2, -0.15) is 0 Å². The molecule has 0 heterocycles. The maximum Gasteiger partial charge on any atom is 0.204 e. The Hall–Kier alpha value is -1.13. The average Bonchev–Trinajstić information content (AvgIpc) is 2.31. The number of unbranched alkanes of at least 4 members (excludes halogenated alkanes) is 1. The number of aliphatic hydroxyl groups is 1. The Labute approximate surface area is 96.4 Å². The van der Waals surface area contributed by atoms with Crippen LogP contribution in [0.1, 0.15) is 19.8 Å². The van der Waals surface area contributed by atoms with Crippen molar-refractivity contribution in [1.29, 1.82) is 0 Å². The first-order valence-electron chi connectivity index (χ1n) is 5.23. The van der Waals surface area contributed by atoms with Crippen molar-refractivity contribution < 1.29 is 13.5 Å². The lowest BCUT2D eigenvalue weighted by atomic mass is 10.3. The van der Waals surface area contributed by atoms with Gasteiger partial charge in [-0.05, 0) is 18.6 Å². The molecule has 88 valence electrons. The summed E-state index contributed by atoms with van der Waals surface area (Å²) in [5.74, 6) is 0. The molecule has 4 heteroatoms. The summed E-state index contributed by atoms with van der Waals surface area (Å²) >= 11 is 0. The van der Waals surface area contributed by atoms with Crippen LogP contribution in [-0.2, 0) is 9.84 Å². The molecule has 0 aliphatic heterocycles. The van der Waals surface area contributed by atoms with E-state index >= 15 is 0 Å². The van der Waals surface area contributed by atoms with E-state index < -0.39 is 16.4 Å². The first-order valence-corrected chi connectivity index (χ1v) is 6.71. The third kappa shape index (κ3) is 2.93. The molecule has 0 amide bonds. The molecule has 0 saturated carbocycles. The molecule has 1 aromatic rings. The van der Waals surface area contributed by atoms with Crippen molar-refractivity contribution in [1.82, 2.24) is 0 Å². The van der Waals surface area contributed by atoms with E-state index in [1.807, 2.05) is 6.92 Å². The fourth-order valence-corrected chi connectivity index (χ4v) is 2.64. The van der Waals surface area contributed by atoms with E-state index in [0.29, 0.717) is 6.42 Å². The molecule has 0 aliphatic rings. The SMILES string of the molecule is CCC/C=C(\CO)S(=O)(=O)c1ccccc1. The lowest BCUT2D eigenvalue weighted by Gasteiger charge is -2.06. The third-order valence-electron chi connectivity index (χ3n) is 2.22. The predicted octanol–water partition coefficient (Wildman–Crippen LogP) is 2.14. The first-order chi connectivity index (χ1) is 7.62. The van der Waals surface area contributed by atoms with Crippen LogP contribution >= 0.6 is 0 Å². The van der Waals surface area contributed by atoms with Crippen molar-refractivity contribution in [3.05, 3.63) is 41.3 Å². The number of benzene rings is 1. The largest absolute Gasteiger partial charge is 0.391 e. The van der Waals surface area contributed by atoms with Gasteiger partial charge in [0.05, 0.1) is 16.4 Å². The van der Waals surface area contributed by atoms with E-state index in [1.165, 1.54) is 12.1 Å². The summed E-state index contributed by atoms with van der Waals surface area (Å²) in [6.07, 6.45) is 3.10. The average molecular weight is 240 g/mol. The number of aliphatic hydroxyl groups excluding tert-OH is 1. The highest BCUT2D eigenvalue weighted by Crippen LogP contribution is 2.19. The van der Waals surface area contributed by atoms with Crippen LogP contribution in [-0.4, -0.2) is 20.1 Å². The fraction of sp³-hybridized carbons (Fsp3) is 0.333. The maximum absolute atomic E-state index is 12.0. The molecule has 0 saturated heterocycles. The van der Waals surface area contributed by atoms with Gasteiger partial charge in [0.2, 0.25) is 9.84 Å². The van der Waals surface area contributed by atoms with E-state index in [4.69, 9.17) is 5.11 Å². The van der Waals surface area contributed by atoms with Crippen molar-refractivity contribution >= 4 is 9.84 Å². The van der Waals surface area contributed by atoms with E-state index in [0.717, 1.165) is 6.42 Å². The smallest absolute Gasteiger partial charge is 0.204 e. The number of sulfone groups is 1. The molecule has 0 spiro atoms. The molecule has 1 aromatic carbocycles. The van der Waals surface area contributed by atoms with Gasteiger partial charge in [0.1, 0.15) is 0 Å². The van der Waals surface area contributed by atoms with Crippen LogP contribution in [0.25, 0.3) is 0 Å².